The number of amides is 1. The van der Waals surface area contributed by atoms with E-state index in [-0.39, 0.29) is 28.0 Å². The highest BCUT2D eigenvalue weighted by Gasteiger charge is 2.13. The van der Waals surface area contributed by atoms with Gasteiger partial charge in [-0.15, -0.1) is 12.4 Å². The highest BCUT2D eigenvalue weighted by Crippen LogP contribution is 2.24. The predicted octanol–water partition coefficient (Wildman–Crippen LogP) is 2.89. The molecule has 0 saturated carbocycles. The van der Waals surface area contributed by atoms with Gasteiger partial charge in [0.15, 0.2) is 0 Å². The highest BCUT2D eigenvalue weighted by atomic mass is 35.5. The number of benzene rings is 1. The van der Waals surface area contributed by atoms with Crippen molar-refractivity contribution in [1.29, 1.82) is 0 Å². The van der Waals surface area contributed by atoms with Crippen LogP contribution in [0.25, 0.3) is 0 Å². The summed E-state index contributed by atoms with van der Waals surface area (Å²) in [5.41, 5.74) is 0.0880. The molecule has 0 aromatic heterocycles. The lowest BCUT2D eigenvalue weighted by Crippen LogP contribution is -2.31. The van der Waals surface area contributed by atoms with Crippen LogP contribution in [0.5, 0.6) is 0 Å². The molecule has 18 heavy (non-hydrogen) atoms. The number of hydrogen-bond donors (Lipinski definition) is 2. The van der Waals surface area contributed by atoms with Crippen molar-refractivity contribution in [3.05, 3.63) is 33.6 Å². The van der Waals surface area contributed by atoms with Gasteiger partial charge in [0, 0.05) is 13.1 Å². The van der Waals surface area contributed by atoms with E-state index in [4.69, 9.17) is 23.2 Å². The predicted molar refractivity (Wildman–Crippen MR) is 74.5 cm³/mol. The summed E-state index contributed by atoms with van der Waals surface area (Å²) in [6.07, 6.45) is 0. The number of carbonyl (C=O) groups is 1. The molecule has 0 saturated heterocycles. The van der Waals surface area contributed by atoms with Gasteiger partial charge in [-0.25, -0.2) is 4.39 Å². The fourth-order valence-corrected chi connectivity index (χ4v) is 1.70. The maximum absolute atomic E-state index is 13.2. The third kappa shape index (κ3) is 4.98. The molecule has 102 valence electrons. The maximum Gasteiger partial charge on any atom is 0.252 e. The minimum Gasteiger partial charge on any atom is -0.351 e. The number of carbonyl (C=O) groups excluding carboxylic acids is 1. The smallest absolute Gasteiger partial charge is 0.252 e. The van der Waals surface area contributed by atoms with Gasteiger partial charge in [0.25, 0.3) is 5.91 Å². The lowest BCUT2D eigenvalue weighted by atomic mass is 10.2. The lowest BCUT2D eigenvalue weighted by molar-refractivity contribution is 0.0953. The van der Waals surface area contributed by atoms with E-state index < -0.39 is 11.7 Å². The lowest BCUT2D eigenvalue weighted by Gasteiger charge is -2.07. The molecule has 1 aromatic carbocycles. The Morgan fingerprint density at radius 2 is 1.94 bits per heavy atom. The van der Waals surface area contributed by atoms with Crippen molar-refractivity contribution in [3.8, 4) is 0 Å². The quantitative estimate of drug-likeness (QED) is 0.648. The molecule has 0 unspecified atom stereocenters. The minimum absolute atomic E-state index is 0. The zero-order valence-electron chi connectivity index (χ0n) is 9.73. The SMILES string of the molecule is CCNCCNC(=O)c1cc(F)c(Cl)cc1Cl.Cl. The average Bonchev–Trinajstić information content (AvgIpc) is 2.29. The fraction of sp³-hybridized carbons (Fsp3) is 0.364. The summed E-state index contributed by atoms with van der Waals surface area (Å²) in [4.78, 5) is 11.7. The summed E-state index contributed by atoms with van der Waals surface area (Å²) in [5, 5.41) is 5.71. The Kier molecular flexibility index (Phi) is 8.27. The van der Waals surface area contributed by atoms with E-state index in [2.05, 4.69) is 10.6 Å². The van der Waals surface area contributed by atoms with Crippen molar-refractivity contribution in [2.24, 2.45) is 0 Å². The zero-order valence-corrected chi connectivity index (χ0v) is 12.1. The van der Waals surface area contributed by atoms with E-state index in [1.807, 2.05) is 6.92 Å². The third-order valence-electron chi connectivity index (χ3n) is 2.09. The summed E-state index contributed by atoms with van der Waals surface area (Å²) in [7, 11) is 0. The minimum atomic E-state index is -0.659. The first kappa shape index (κ1) is 17.4. The summed E-state index contributed by atoms with van der Waals surface area (Å²) in [6.45, 7) is 3.89. The molecule has 0 radical (unpaired) electrons. The van der Waals surface area contributed by atoms with Gasteiger partial charge in [0.2, 0.25) is 0 Å². The molecule has 0 aliphatic carbocycles. The molecular formula is C11H14Cl3FN2O. The molecule has 0 spiro atoms. The molecule has 0 atom stereocenters. The summed E-state index contributed by atoms with van der Waals surface area (Å²) in [5.74, 6) is -1.07. The molecule has 0 fully saturated rings. The van der Waals surface area contributed by atoms with Gasteiger partial charge in [-0.2, -0.15) is 0 Å². The molecule has 0 heterocycles. The maximum atomic E-state index is 13.2. The molecular weight excluding hydrogens is 301 g/mol. The van der Waals surface area contributed by atoms with Crippen molar-refractivity contribution >= 4 is 41.5 Å². The summed E-state index contributed by atoms with van der Waals surface area (Å²) >= 11 is 11.3. The van der Waals surface area contributed by atoms with Crippen molar-refractivity contribution in [1.82, 2.24) is 10.6 Å². The van der Waals surface area contributed by atoms with Crippen molar-refractivity contribution in [2.45, 2.75) is 6.92 Å². The van der Waals surface area contributed by atoms with Crippen LogP contribution < -0.4 is 10.6 Å². The molecule has 0 bridgehead atoms. The van der Waals surface area contributed by atoms with Crippen LogP contribution in [0.4, 0.5) is 4.39 Å². The molecule has 1 amide bonds. The zero-order chi connectivity index (χ0) is 12.8. The highest BCUT2D eigenvalue weighted by molar-refractivity contribution is 6.36. The van der Waals surface area contributed by atoms with Crippen LogP contribution >= 0.6 is 35.6 Å². The van der Waals surface area contributed by atoms with Crippen LogP contribution in [-0.2, 0) is 0 Å². The largest absolute Gasteiger partial charge is 0.351 e. The first-order valence-corrected chi connectivity index (χ1v) is 5.95. The second kappa shape index (κ2) is 8.53. The Morgan fingerprint density at radius 1 is 1.28 bits per heavy atom. The van der Waals surface area contributed by atoms with Gasteiger partial charge in [-0.3, -0.25) is 4.79 Å². The Morgan fingerprint density at radius 3 is 2.56 bits per heavy atom. The second-order valence-electron chi connectivity index (χ2n) is 3.36. The standard InChI is InChI=1S/C11H13Cl2FN2O.ClH/c1-2-15-3-4-16-11(17)7-5-10(14)9(13)6-8(7)12;/h5-6,15H,2-4H2,1H3,(H,16,17);1H. The van der Waals surface area contributed by atoms with E-state index in [1.54, 1.807) is 0 Å². The molecule has 3 nitrogen and oxygen atoms in total. The van der Waals surface area contributed by atoms with Gasteiger partial charge in [0.1, 0.15) is 5.82 Å². The van der Waals surface area contributed by atoms with Crippen LogP contribution in [0, 0.1) is 5.82 Å². The van der Waals surface area contributed by atoms with E-state index in [9.17, 15) is 9.18 Å². The van der Waals surface area contributed by atoms with Gasteiger partial charge in [-0.1, -0.05) is 30.1 Å². The molecule has 1 aromatic rings. The van der Waals surface area contributed by atoms with Crippen LogP contribution in [0.1, 0.15) is 17.3 Å². The number of halogens is 4. The van der Waals surface area contributed by atoms with Gasteiger partial charge >= 0.3 is 0 Å². The van der Waals surface area contributed by atoms with Gasteiger partial charge in [0.05, 0.1) is 15.6 Å². The van der Waals surface area contributed by atoms with Crippen molar-refractivity contribution in [3.63, 3.8) is 0 Å². The number of hydrogen-bond acceptors (Lipinski definition) is 2. The van der Waals surface area contributed by atoms with E-state index in [1.165, 1.54) is 6.07 Å². The van der Waals surface area contributed by atoms with E-state index in [0.29, 0.717) is 13.1 Å². The van der Waals surface area contributed by atoms with Gasteiger partial charge < -0.3 is 10.6 Å². The number of likely N-dealkylation sites (N-methyl/N-ethyl adjacent to an activating group) is 1. The Bertz CT molecular complexity index is 416. The van der Waals surface area contributed by atoms with Crippen LogP contribution in [0.15, 0.2) is 12.1 Å². The molecule has 2 N–H and O–H groups in total. The monoisotopic (exact) mass is 314 g/mol. The first-order valence-electron chi connectivity index (χ1n) is 5.19. The van der Waals surface area contributed by atoms with Crippen molar-refractivity contribution < 1.29 is 9.18 Å². The molecule has 0 aliphatic heterocycles. The molecule has 1 rings (SSSR count). The van der Waals surface area contributed by atoms with E-state index in [0.717, 1.165) is 12.6 Å². The Balaban J connectivity index is 0.00000289. The first-order chi connectivity index (χ1) is 8.06. The normalized spacial score (nSPS) is 9.78. The van der Waals surface area contributed by atoms with Crippen LogP contribution in [-0.4, -0.2) is 25.5 Å². The van der Waals surface area contributed by atoms with Gasteiger partial charge in [-0.05, 0) is 18.7 Å². The van der Waals surface area contributed by atoms with Crippen LogP contribution in [0.2, 0.25) is 10.0 Å². The topological polar surface area (TPSA) is 41.1 Å². The third-order valence-corrected chi connectivity index (χ3v) is 2.69. The molecule has 7 heteroatoms. The number of nitrogens with one attached hydrogen (secondary N) is 2. The number of rotatable bonds is 5. The van der Waals surface area contributed by atoms with Crippen LogP contribution in [0.3, 0.4) is 0 Å². The Hall–Kier alpha value is -0.550. The summed E-state index contributed by atoms with van der Waals surface area (Å²) in [6, 6.07) is 2.25. The summed E-state index contributed by atoms with van der Waals surface area (Å²) < 4.78 is 13.2. The molecule has 0 aliphatic rings. The van der Waals surface area contributed by atoms with Crippen molar-refractivity contribution in [2.75, 3.05) is 19.6 Å². The average molecular weight is 316 g/mol. The van der Waals surface area contributed by atoms with E-state index >= 15 is 0 Å². The second-order valence-corrected chi connectivity index (χ2v) is 4.17. The Labute approximate surface area is 121 Å². The fourth-order valence-electron chi connectivity index (χ4n) is 1.23.